The molecule has 0 aromatic heterocycles. The third-order valence-corrected chi connectivity index (χ3v) is 0. The molecule has 3 nitrogen and oxygen atoms in total. The van der Waals surface area contributed by atoms with Crippen molar-refractivity contribution in [3.05, 3.63) is 0 Å². The Balaban J connectivity index is 4.06. The Kier molecular flexibility index (Phi) is 1.72. The second-order valence-corrected chi connectivity index (χ2v) is 10.7. The predicted octanol–water partition coefficient (Wildman–Crippen LogP) is -1.92. The molecule has 0 rings (SSSR count). The van der Waals surface area contributed by atoms with Crippen LogP contribution < -0.4 is 0 Å². The topological polar surface area (TPSA) is 57.2 Å². The molecule has 0 saturated carbocycles. The summed E-state index contributed by atoms with van der Waals surface area (Å²) in [5.41, 5.74) is 0. The Hall–Kier alpha value is 0.780. The Labute approximate surface area is 43.0 Å². The van der Waals surface area contributed by atoms with Gasteiger partial charge in [-0.25, -0.2) is 0 Å². The molecule has 0 bridgehead atoms. The molecule has 0 spiro atoms. The minimum absolute atomic E-state index is 0.726. The molecule has 0 N–H and O–H groups in total. The fourth-order valence-electron chi connectivity index (χ4n) is 0. The van der Waals surface area contributed by atoms with Gasteiger partial charge < -0.3 is 0 Å². The number of hydrogen-bond acceptors (Lipinski definition) is 3. The number of rotatable bonds is 0. The molecule has 0 aromatic rings. The summed E-state index contributed by atoms with van der Waals surface area (Å²) in [6, 6.07) is 0. The summed E-state index contributed by atoms with van der Waals surface area (Å²) in [4.78, 5) is 0. The second-order valence-electron chi connectivity index (χ2n) is 0.704. The third-order valence-electron chi connectivity index (χ3n) is 0. The third kappa shape index (κ3) is 60.7. The standard InChI is InChI=1S/In.O3S.2H/c;1-4(2)3;;/q;-1;;. The summed E-state index contributed by atoms with van der Waals surface area (Å²) in [5.74, 6) is 0. The first-order valence-electron chi connectivity index (χ1n) is 0.908. The fraction of sp³-hybridized carbons (Fsp3) is 0. The normalized spacial score (nSPS) is 11.4. The molecular weight excluding hydrogens is 195 g/mol. The summed E-state index contributed by atoms with van der Waals surface area (Å²) in [5, 5.41) is 0. The van der Waals surface area contributed by atoms with Gasteiger partial charge >= 0.3 is 42.8 Å². The van der Waals surface area contributed by atoms with Crippen LogP contribution in [0.1, 0.15) is 0 Å². The Morgan fingerprint density at radius 3 is 1.60 bits per heavy atom. The van der Waals surface area contributed by atoms with Gasteiger partial charge in [-0.3, -0.25) is 0 Å². The van der Waals surface area contributed by atoms with E-state index in [1.54, 1.807) is 0 Å². The first-order chi connectivity index (χ1) is 2.00. The zero-order valence-corrected chi connectivity index (χ0v) is 9.16. The molecule has 0 aliphatic carbocycles. The molecule has 30 valence electrons. The van der Waals surface area contributed by atoms with E-state index in [0.717, 1.165) is 0 Å². The van der Waals surface area contributed by atoms with E-state index in [9.17, 15) is 0 Å². The summed E-state index contributed by atoms with van der Waals surface area (Å²) in [6.45, 7) is -3.71. The van der Waals surface area contributed by atoms with Crippen LogP contribution in [0.25, 0.3) is 0 Å². The zero-order valence-electron chi connectivity index (χ0n) is 2.63. The van der Waals surface area contributed by atoms with Crippen LogP contribution in [0, 0.1) is 0 Å². The molecule has 5 heteroatoms. The van der Waals surface area contributed by atoms with Crippen LogP contribution in [-0.4, -0.2) is 35.9 Å². The van der Waals surface area contributed by atoms with E-state index >= 15 is 0 Å². The summed E-state index contributed by atoms with van der Waals surface area (Å²) in [7, 11) is 0. The average molecular weight is 197 g/mol. The van der Waals surface area contributed by atoms with Crippen LogP contribution in [0.15, 0.2) is 0 Å². The molecule has 0 radical (unpaired) electrons. The molecule has 0 aromatic carbocycles. The maximum absolute atomic E-state index is 9.17. The first-order valence-corrected chi connectivity index (χ1v) is 9.72. The molecule has 0 amide bonds. The van der Waals surface area contributed by atoms with Gasteiger partial charge in [-0.1, -0.05) is 0 Å². The van der Waals surface area contributed by atoms with Gasteiger partial charge in [0.2, 0.25) is 0 Å². The van der Waals surface area contributed by atoms with Gasteiger partial charge in [-0.2, -0.15) is 0 Å². The van der Waals surface area contributed by atoms with Gasteiger partial charge in [-0.05, 0) is 0 Å². The molecule has 0 heterocycles. The second kappa shape index (κ2) is 1.49. The van der Waals surface area contributed by atoms with Gasteiger partial charge in [0.1, 0.15) is 0 Å². The Morgan fingerprint density at radius 2 is 1.60 bits per heavy atom. The van der Waals surface area contributed by atoms with Crippen LogP contribution in [-0.2, 0) is 6.94 Å². The zero-order chi connectivity index (χ0) is 4.50. The van der Waals surface area contributed by atoms with Crippen LogP contribution >= 0.6 is 0 Å². The van der Waals surface area contributed by atoms with Crippen LogP contribution in [0.4, 0.5) is 0 Å². The van der Waals surface area contributed by atoms with Gasteiger partial charge in [-0.15, -0.1) is 0 Å². The molecule has 5 heavy (non-hydrogen) atoms. The molecule has 0 unspecified atom stereocenters. The van der Waals surface area contributed by atoms with Gasteiger partial charge in [0, 0.05) is 0 Å². The van der Waals surface area contributed by atoms with Crippen LogP contribution in [0.2, 0.25) is 0 Å². The van der Waals surface area contributed by atoms with E-state index in [1.807, 2.05) is 0 Å². The number of hydrogen-bond donors (Lipinski definition) is 0. The minimum atomic E-state index is -3.71. The van der Waals surface area contributed by atoms with Crippen molar-refractivity contribution in [3.63, 3.8) is 0 Å². The summed E-state index contributed by atoms with van der Waals surface area (Å²) in [6.07, 6.45) is 0. The van der Waals surface area contributed by atoms with Gasteiger partial charge in [0.15, 0.2) is 0 Å². The molecule has 0 atom stereocenters. The van der Waals surface area contributed by atoms with E-state index in [0.29, 0.717) is 0 Å². The van der Waals surface area contributed by atoms with Crippen molar-refractivity contribution in [1.29, 1.82) is 0 Å². The van der Waals surface area contributed by atoms with Crippen molar-refractivity contribution in [2.45, 2.75) is 0 Å². The van der Waals surface area contributed by atoms with Crippen molar-refractivity contribution in [1.82, 2.24) is 0 Å². The maximum atomic E-state index is 9.17. The van der Waals surface area contributed by atoms with Gasteiger partial charge in [0.05, 0.1) is 0 Å². The first kappa shape index (κ1) is 5.78. The van der Waals surface area contributed by atoms with Crippen LogP contribution in [0.5, 0.6) is 0 Å². The molecule has 0 saturated heterocycles. The van der Waals surface area contributed by atoms with E-state index in [2.05, 4.69) is 0 Å². The van der Waals surface area contributed by atoms with Gasteiger partial charge in [0.25, 0.3) is 0 Å². The van der Waals surface area contributed by atoms with E-state index in [1.165, 1.54) is 0 Å². The predicted molar refractivity (Wildman–Crippen MR) is 18.2 cm³/mol. The van der Waals surface area contributed by atoms with E-state index in [-0.39, 0.29) is 0 Å². The Bertz CT molecular complexity index is 90.1. The van der Waals surface area contributed by atoms with E-state index < -0.39 is 29.9 Å². The van der Waals surface area contributed by atoms with Crippen LogP contribution in [0.3, 0.4) is 0 Å². The molecule has 0 aliphatic heterocycles. The van der Waals surface area contributed by atoms with Crippen molar-refractivity contribution in [3.8, 4) is 0 Å². The molecular formula is H2InO3S-. The summed E-state index contributed by atoms with van der Waals surface area (Å²) < 4.78 is 27.5. The molecule has 0 fully saturated rings. The Morgan fingerprint density at radius 1 is 1.60 bits per heavy atom. The van der Waals surface area contributed by atoms with Crippen molar-refractivity contribution >= 4 is 29.9 Å². The quantitative estimate of drug-likeness (QED) is 0.425. The fourth-order valence-corrected chi connectivity index (χ4v) is 0. The van der Waals surface area contributed by atoms with E-state index in [4.69, 9.17) is 13.0 Å². The van der Waals surface area contributed by atoms with Crippen molar-refractivity contribution in [2.75, 3.05) is 0 Å². The summed E-state index contributed by atoms with van der Waals surface area (Å²) >= 11 is -0.726. The van der Waals surface area contributed by atoms with Crippen molar-refractivity contribution < 1.29 is 13.0 Å². The average Bonchev–Trinajstić information content (AvgIpc) is 0.722. The molecule has 0 aliphatic rings. The van der Waals surface area contributed by atoms with Crippen molar-refractivity contribution in [2.24, 2.45) is 0 Å². The SMILES string of the molecule is O=[S](=O)([O-])[InH2]. The monoisotopic (exact) mass is 197 g/mol.